The smallest absolute Gasteiger partial charge is 0.407 e. The Bertz CT molecular complexity index is 1390. The molecular weight excluding hydrogens is 584 g/mol. The molecule has 0 saturated heterocycles. The number of rotatable bonds is 13. The second kappa shape index (κ2) is 16.7. The first-order valence-electron chi connectivity index (χ1n) is 14.5. The number of fused-ring (bicyclic) bond motifs is 3. The van der Waals surface area contributed by atoms with Gasteiger partial charge in [-0.05, 0) is 62.1 Å². The van der Waals surface area contributed by atoms with Crippen LogP contribution in [0, 0.1) is 6.92 Å². The van der Waals surface area contributed by atoms with E-state index in [2.05, 4.69) is 29.6 Å². The number of nitrogens with two attached hydrogens (primary N) is 1. The Morgan fingerprint density at radius 2 is 1.43 bits per heavy atom. The summed E-state index contributed by atoms with van der Waals surface area (Å²) in [5, 5.41) is 2.79. The molecule has 1 atom stereocenters. The molecule has 1 aliphatic rings. The number of ether oxygens (including phenoxy) is 4. The summed E-state index contributed by atoms with van der Waals surface area (Å²) in [6.45, 7) is 10.6. The molecule has 0 bridgehead atoms. The van der Waals surface area contributed by atoms with Crippen molar-refractivity contribution in [2.45, 2.75) is 50.2 Å². The third kappa shape index (κ3) is 11.3. The minimum Gasteiger partial charge on any atom is -0.449 e. The fourth-order valence-corrected chi connectivity index (χ4v) is 5.02. The predicted octanol–water partition coefficient (Wildman–Crippen LogP) is 4.94. The summed E-state index contributed by atoms with van der Waals surface area (Å²) in [5.41, 5.74) is 11.3. The molecule has 11 heteroatoms. The van der Waals surface area contributed by atoms with Crippen molar-refractivity contribution in [3.8, 4) is 11.1 Å². The van der Waals surface area contributed by atoms with E-state index in [1.54, 1.807) is 12.1 Å². The van der Waals surface area contributed by atoms with E-state index in [1.165, 1.54) is 34.4 Å². The van der Waals surface area contributed by atoms with E-state index in [0.29, 0.717) is 33.0 Å². The molecule has 3 aromatic carbocycles. The third-order valence-electron chi connectivity index (χ3n) is 6.72. The zero-order valence-corrected chi connectivity index (χ0v) is 26.6. The Labute approximate surface area is 260 Å². The summed E-state index contributed by atoms with van der Waals surface area (Å²) in [6, 6.07) is 22.1. The summed E-state index contributed by atoms with van der Waals surface area (Å²) < 4.78 is 51.8. The lowest BCUT2D eigenvalue weighted by molar-refractivity contribution is -0.0431. The first-order valence-corrected chi connectivity index (χ1v) is 16.0. The van der Waals surface area contributed by atoms with E-state index in [1.807, 2.05) is 52.0 Å². The Hall–Kier alpha value is -3.32. The van der Waals surface area contributed by atoms with Gasteiger partial charge in [-0.3, -0.25) is 4.55 Å². The van der Waals surface area contributed by atoms with Gasteiger partial charge in [0.05, 0.1) is 49.6 Å². The summed E-state index contributed by atoms with van der Waals surface area (Å²) in [7, 11) is -4.02. The molecule has 0 radical (unpaired) electrons. The lowest BCUT2D eigenvalue weighted by atomic mass is 9.98. The second-order valence-electron chi connectivity index (χ2n) is 11.3. The summed E-state index contributed by atoms with van der Waals surface area (Å²) in [6.07, 6.45) is -0.494. The number of aryl methyl sites for hydroxylation is 1. The van der Waals surface area contributed by atoms with E-state index < -0.39 is 16.2 Å². The number of carbonyl (C=O) groups is 1. The standard InChI is InChI=1S/C26H36N2O5.C7H8O3S/c1-26(2,3)33-15-14-30-12-13-31-17-19(16-27)28-25(29)32-18-24-22-10-6-4-8-20(22)21-9-5-7-11-23(21)24;1-6-2-4-7(5-3-6)11(8,9)10/h4-11,19,24H,12-18,27H2,1-3H3,(H,28,29);2-5H,1H3,(H,8,9,10)/t19-;/m0./s1. The van der Waals surface area contributed by atoms with Crippen LogP contribution in [-0.4, -0.2) is 76.9 Å². The highest BCUT2D eigenvalue weighted by Crippen LogP contribution is 2.44. The van der Waals surface area contributed by atoms with E-state index in [9.17, 15) is 13.2 Å². The Kier molecular flexibility index (Phi) is 13.3. The quantitative estimate of drug-likeness (QED) is 0.177. The number of amides is 1. The van der Waals surface area contributed by atoms with Gasteiger partial charge in [-0.25, -0.2) is 4.79 Å². The lowest BCUT2D eigenvalue weighted by Gasteiger charge is -2.20. The van der Waals surface area contributed by atoms with Crippen LogP contribution in [0.3, 0.4) is 0 Å². The summed E-state index contributed by atoms with van der Waals surface area (Å²) in [5.74, 6) is 0.0233. The van der Waals surface area contributed by atoms with E-state index in [0.717, 1.165) is 5.56 Å². The van der Waals surface area contributed by atoms with Crippen molar-refractivity contribution in [3.63, 3.8) is 0 Å². The van der Waals surface area contributed by atoms with Gasteiger partial charge in [0.1, 0.15) is 6.61 Å². The van der Waals surface area contributed by atoms with E-state index in [-0.39, 0.29) is 35.6 Å². The number of alkyl carbamates (subject to hydrolysis) is 1. The molecule has 0 unspecified atom stereocenters. The second-order valence-corrected chi connectivity index (χ2v) is 12.8. The Morgan fingerprint density at radius 3 is 1.98 bits per heavy atom. The Morgan fingerprint density at radius 1 is 0.886 bits per heavy atom. The first-order chi connectivity index (χ1) is 20.9. The number of carbonyl (C=O) groups excluding carboxylic acids is 1. The number of hydrogen-bond donors (Lipinski definition) is 3. The first kappa shape index (κ1) is 35.2. The number of nitrogens with one attached hydrogen (secondary N) is 1. The molecule has 4 N–H and O–H groups in total. The average molecular weight is 629 g/mol. The highest BCUT2D eigenvalue weighted by atomic mass is 32.2. The van der Waals surface area contributed by atoms with Crippen LogP contribution in [-0.2, 0) is 29.1 Å². The van der Waals surface area contributed by atoms with Gasteiger partial charge >= 0.3 is 6.09 Å². The maximum atomic E-state index is 12.4. The van der Waals surface area contributed by atoms with E-state index in [4.69, 9.17) is 29.2 Å². The molecule has 0 spiro atoms. The molecule has 0 aliphatic heterocycles. The van der Waals surface area contributed by atoms with Gasteiger partial charge in [-0.15, -0.1) is 0 Å². The molecule has 1 aliphatic carbocycles. The molecule has 1 amide bonds. The zero-order valence-electron chi connectivity index (χ0n) is 25.8. The van der Waals surface area contributed by atoms with Crippen LogP contribution < -0.4 is 11.1 Å². The minimum absolute atomic E-state index is 0.0233. The molecule has 240 valence electrons. The van der Waals surface area contributed by atoms with Crippen LogP contribution in [0.1, 0.15) is 43.4 Å². The van der Waals surface area contributed by atoms with Crippen LogP contribution in [0.15, 0.2) is 77.7 Å². The zero-order chi connectivity index (χ0) is 32.2. The molecule has 0 fully saturated rings. The number of benzene rings is 3. The molecule has 0 saturated carbocycles. The predicted molar refractivity (Wildman–Crippen MR) is 169 cm³/mol. The van der Waals surface area contributed by atoms with Gasteiger partial charge in [0.25, 0.3) is 10.1 Å². The topological polar surface area (TPSA) is 146 Å². The van der Waals surface area contributed by atoms with Crippen molar-refractivity contribution >= 4 is 16.2 Å². The molecule has 0 heterocycles. The minimum atomic E-state index is -4.02. The van der Waals surface area contributed by atoms with Crippen molar-refractivity contribution < 1.29 is 36.7 Å². The monoisotopic (exact) mass is 628 g/mol. The molecule has 0 aromatic heterocycles. The average Bonchev–Trinajstić information content (AvgIpc) is 3.30. The van der Waals surface area contributed by atoms with Crippen LogP contribution in [0.25, 0.3) is 11.1 Å². The van der Waals surface area contributed by atoms with Gasteiger partial charge in [-0.2, -0.15) is 8.42 Å². The maximum Gasteiger partial charge on any atom is 0.407 e. The van der Waals surface area contributed by atoms with Crippen LogP contribution in [0.4, 0.5) is 4.79 Å². The number of hydrogen-bond acceptors (Lipinski definition) is 8. The maximum absolute atomic E-state index is 12.4. The SMILES string of the molecule is CC(C)(C)OCCOCCOC[C@H](CN)NC(=O)OCC1c2ccccc2-c2ccccc21.Cc1ccc(S(=O)(=O)O)cc1. The molecular formula is C33H44N2O8S. The molecule has 10 nitrogen and oxygen atoms in total. The van der Waals surface area contributed by atoms with Crippen LogP contribution in [0.2, 0.25) is 0 Å². The van der Waals surface area contributed by atoms with Crippen molar-refractivity contribution in [1.82, 2.24) is 5.32 Å². The van der Waals surface area contributed by atoms with Gasteiger partial charge in [-0.1, -0.05) is 66.2 Å². The summed E-state index contributed by atoms with van der Waals surface area (Å²) >= 11 is 0. The lowest BCUT2D eigenvalue weighted by Crippen LogP contribution is -2.44. The Balaban J connectivity index is 0.000000404. The normalized spacial score (nSPS) is 13.3. The molecule has 3 aromatic rings. The van der Waals surface area contributed by atoms with E-state index >= 15 is 0 Å². The van der Waals surface area contributed by atoms with Gasteiger partial charge in [0.15, 0.2) is 0 Å². The van der Waals surface area contributed by atoms with Crippen LogP contribution >= 0.6 is 0 Å². The highest BCUT2D eigenvalue weighted by molar-refractivity contribution is 7.85. The van der Waals surface area contributed by atoms with Gasteiger partial charge in [0.2, 0.25) is 0 Å². The fourth-order valence-electron chi connectivity index (χ4n) is 4.54. The van der Waals surface area contributed by atoms with Crippen molar-refractivity contribution in [2.24, 2.45) is 5.73 Å². The molecule has 4 rings (SSSR count). The third-order valence-corrected chi connectivity index (χ3v) is 7.59. The van der Waals surface area contributed by atoms with Crippen molar-refractivity contribution in [1.29, 1.82) is 0 Å². The van der Waals surface area contributed by atoms with Gasteiger partial charge < -0.3 is 30.0 Å². The fraction of sp³-hybridized carbons (Fsp3) is 0.424. The largest absolute Gasteiger partial charge is 0.449 e. The van der Waals surface area contributed by atoms with Crippen molar-refractivity contribution in [3.05, 3.63) is 89.5 Å². The van der Waals surface area contributed by atoms with Crippen LogP contribution in [0.5, 0.6) is 0 Å². The van der Waals surface area contributed by atoms with Crippen molar-refractivity contribution in [2.75, 3.05) is 46.2 Å². The van der Waals surface area contributed by atoms with Gasteiger partial charge in [0, 0.05) is 12.5 Å². The summed E-state index contributed by atoms with van der Waals surface area (Å²) in [4.78, 5) is 12.3. The molecule has 44 heavy (non-hydrogen) atoms. The highest BCUT2D eigenvalue weighted by Gasteiger charge is 2.29.